The van der Waals surface area contributed by atoms with Gasteiger partial charge in [-0.15, -0.1) is 11.3 Å². The van der Waals surface area contributed by atoms with E-state index < -0.39 is 5.97 Å². The van der Waals surface area contributed by atoms with Gasteiger partial charge in [0.2, 0.25) is 0 Å². The van der Waals surface area contributed by atoms with Crippen LogP contribution in [0.3, 0.4) is 0 Å². The van der Waals surface area contributed by atoms with Gasteiger partial charge in [0.15, 0.2) is 0 Å². The van der Waals surface area contributed by atoms with Gasteiger partial charge in [0.25, 0.3) is 0 Å². The highest BCUT2D eigenvalue weighted by Gasteiger charge is 2.22. The van der Waals surface area contributed by atoms with E-state index in [1.165, 1.54) is 36.3 Å². The molecule has 1 aliphatic carbocycles. The molecule has 0 fully saturated rings. The fourth-order valence-corrected chi connectivity index (χ4v) is 4.26. The van der Waals surface area contributed by atoms with E-state index in [0.29, 0.717) is 19.3 Å². The number of Topliss-reactive ketones (excluding diaryl/α,β-unsaturated/α-hetero) is 1. The maximum Gasteiger partial charge on any atom is 0.303 e. The molecule has 5 heteroatoms. The third-order valence-electron chi connectivity index (χ3n) is 4.25. The summed E-state index contributed by atoms with van der Waals surface area (Å²) in [7, 11) is 0. The van der Waals surface area contributed by atoms with E-state index in [1.807, 2.05) is 0 Å². The number of ketones is 1. The maximum atomic E-state index is 11.9. The second kappa shape index (κ2) is 8.42. The number of carboxylic acid groups (broad SMARTS) is 1. The number of nitrogens with zero attached hydrogens (tertiary/aromatic N) is 1. The fraction of sp³-hybridized carbons (Fsp3) is 0.706. The molecular weight excluding hydrogens is 298 g/mol. The van der Waals surface area contributed by atoms with Gasteiger partial charge in [0.05, 0.1) is 12.1 Å². The van der Waals surface area contributed by atoms with Crippen LogP contribution in [0.5, 0.6) is 0 Å². The van der Waals surface area contributed by atoms with Gasteiger partial charge in [-0.2, -0.15) is 0 Å². The molecule has 0 unspecified atom stereocenters. The molecule has 1 N–H and O–H groups in total. The molecule has 0 radical (unpaired) electrons. The van der Waals surface area contributed by atoms with Gasteiger partial charge >= 0.3 is 5.97 Å². The minimum absolute atomic E-state index is 0.0687. The number of rotatable bonds is 9. The number of carbonyl (C=O) groups excluding carboxylic acids is 1. The lowest BCUT2D eigenvalue weighted by Gasteiger charge is -2.20. The predicted octanol–water partition coefficient (Wildman–Crippen LogP) is 3.80. The van der Waals surface area contributed by atoms with Crippen molar-refractivity contribution in [3.05, 3.63) is 15.6 Å². The molecule has 1 aromatic heterocycles. The molecule has 1 aromatic rings. The molecule has 0 aromatic carbocycles. The number of hydrogen-bond acceptors (Lipinski definition) is 4. The highest BCUT2D eigenvalue weighted by Crippen LogP contribution is 2.32. The van der Waals surface area contributed by atoms with Crippen LogP contribution in [0.4, 0.5) is 0 Å². The van der Waals surface area contributed by atoms with Gasteiger partial charge in [-0.3, -0.25) is 9.59 Å². The van der Waals surface area contributed by atoms with Crippen molar-refractivity contribution in [2.75, 3.05) is 0 Å². The van der Waals surface area contributed by atoms with Crippen LogP contribution in [0.15, 0.2) is 0 Å². The first-order valence-corrected chi connectivity index (χ1v) is 9.11. The van der Waals surface area contributed by atoms with E-state index in [4.69, 9.17) is 5.11 Å². The number of carboxylic acids is 1. The Morgan fingerprint density at radius 3 is 2.86 bits per heavy atom. The van der Waals surface area contributed by atoms with Gasteiger partial charge in [-0.05, 0) is 31.6 Å². The molecular formula is C17H25NO3S. The van der Waals surface area contributed by atoms with E-state index in [1.54, 1.807) is 11.3 Å². The number of fused-ring (bicyclic) bond motifs is 1. The summed E-state index contributed by atoms with van der Waals surface area (Å²) in [5, 5.41) is 9.51. The van der Waals surface area contributed by atoms with Crippen LogP contribution in [0.25, 0.3) is 0 Å². The molecule has 122 valence electrons. The van der Waals surface area contributed by atoms with Crippen LogP contribution in [-0.2, 0) is 28.9 Å². The number of aromatic nitrogens is 1. The quantitative estimate of drug-likeness (QED) is 0.750. The van der Waals surface area contributed by atoms with Crippen molar-refractivity contribution in [3.63, 3.8) is 0 Å². The molecule has 4 nitrogen and oxygen atoms in total. The molecule has 0 bridgehead atoms. The van der Waals surface area contributed by atoms with E-state index in [0.717, 1.165) is 23.8 Å². The molecule has 0 amide bonds. The minimum Gasteiger partial charge on any atom is -0.481 e. The first-order valence-electron chi connectivity index (χ1n) is 8.29. The van der Waals surface area contributed by atoms with Crippen LogP contribution in [0, 0.1) is 5.92 Å². The summed E-state index contributed by atoms with van der Waals surface area (Å²) < 4.78 is 0. The third kappa shape index (κ3) is 5.20. The SMILES string of the molecule is CCCC[C@H]1CCc2nc(CC(=O)CCCC(=O)O)sc2C1. The Morgan fingerprint density at radius 2 is 2.14 bits per heavy atom. The zero-order valence-corrected chi connectivity index (χ0v) is 14.1. The molecule has 1 aliphatic rings. The summed E-state index contributed by atoms with van der Waals surface area (Å²) in [6.45, 7) is 2.23. The molecule has 22 heavy (non-hydrogen) atoms. The molecule has 1 atom stereocenters. The standard InChI is InChI=1S/C17H25NO3S/c1-2-3-5-12-8-9-14-15(10-12)22-16(18-14)11-13(19)6-4-7-17(20)21/h12H,2-11H2,1H3,(H,20,21)/t12-/m0/s1. The Kier molecular flexibility index (Phi) is 6.55. The second-order valence-electron chi connectivity index (χ2n) is 6.19. The number of hydrogen-bond donors (Lipinski definition) is 1. The first kappa shape index (κ1) is 17.1. The van der Waals surface area contributed by atoms with Crippen molar-refractivity contribution in [1.82, 2.24) is 4.98 Å². The Labute approximate surface area is 136 Å². The van der Waals surface area contributed by atoms with Crippen molar-refractivity contribution in [2.24, 2.45) is 5.92 Å². The first-order chi connectivity index (χ1) is 10.6. The summed E-state index contributed by atoms with van der Waals surface area (Å²) in [5.41, 5.74) is 1.20. The monoisotopic (exact) mass is 323 g/mol. The molecule has 0 aliphatic heterocycles. The smallest absolute Gasteiger partial charge is 0.303 e. The van der Waals surface area contributed by atoms with E-state index >= 15 is 0 Å². The topological polar surface area (TPSA) is 67.3 Å². The molecule has 2 rings (SSSR count). The number of aryl methyl sites for hydroxylation is 1. The fourth-order valence-electron chi connectivity index (χ4n) is 3.01. The van der Waals surface area contributed by atoms with Crippen molar-refractivity contribution >= 4 is 23.1 Å². The Morgan fingerprint density at radius 1 is 1.32 bits per heavy atom. The van der Waals surface area contributed by atoms with Crippen LogP contribution in [0.2, 0.25) is 0 Å². The van der Waals surface area contributed by atoms with Crippen molar-refractivity contribution in [1.29, 1.82) is 0 Å². The highest BCUT2D eigenvalue weighted by atomic mass is 32.1. The second-order valence-corrected chi connectivity index (χ2v) is 7.36. The van der Waals surface area contributed by atoms with Crippen molar-refractivity contribution in [3.8, 4) is 0 Å². The zero-order valence-electron chi connectivity index (χ0n) is 13.3. The van der Waals surface area contributed by atoms with Crippen LogP contribution in [0.1, 0.15) is 67.4 Å². The van der Waals surface area contributed by atoms with E-state index in [-0.39, 0.29) is 12.2 Å². The zero-order chi connectivity index (χ0) is 15.9. The summed E-state index contributed by atoms with van der Waals surface area (Å²) in [4.78, 5) is 28.3. The average molecular weight is 323 g/mol. The normalized spacial score (nSPS) is 17.2. The molecule has 1 heterocycles. The molecule has 0 saturated carbocycles. The number of unbranched alkanes of at least 4 members (excludes halogenated alkanes) is 1. The van der Waals surface area contributed by atoms with Crippen LogP contribution >= 0.6 is 11.3 Å². The predicted molar refractivity (Wildman–Crippen MR) is 87.4 cm³/mol. The van der Waals surface area contributed by atoms with Gasteiger partial charge in [0, 0.05) is 17.7 Å². The van der Waals surface area contributed by atoms with Gasteiger partial charge < -0.3 is 5.11 Å². The van der Waals surface area contributed by atoms with Gasteiger partial charge in [-0.1, -0.05) is 26.2 Å². The Bertz CT molecular complexity index is 524. The van der Waals surface area contributed by atoms with Gasteiger partial charge in [0.1, 0.15) is 10.8 Å². The summed E-state index contributed by atoms with van der Waals surface area (Å²) >= 11 is 1.69. The summed E-state index contributed by atoms with van der Waals surface area (Å²) in [6, 6.07) is 0. The number of aliphatic carboxylic acids is 1. The largest absolute Gasteiger partial charge is 0.481 e. The van der Waals surface area contributed by atoms with Gasteiger partial charge in [-0.25, -0.2) is 4.98 Å². The molecule has 0 saturated heterocycles. The Hall–Kier alpha value is -1.23. The average Bonchev–Trinajstić information content (AvgIpc) is 2.85. The molecule has 0 spiro atoms. The number of carbonyl (C=O) groups is 2. The minimum atomic E-state index is -0.837. The summed E-state index contributed by atoms with van der Waals surface area (Å²) in [6.07, 6.45) is 8.47. The van der Waals surface area contributed by atoms with Crippen LogP contribution in [-0.4, -0.2) is 21.8 Å². The highest BCUT2D eigenvalue weighted by molar-refractivity contribution is 7.11. The maximum absolute atomic E-state index is 11.9. The lowest BCUT2D eigenvalue weighted by Crippen LogP contribution is -2.12. The Balaban J connectivity index is 1.83. The lowest BCUT2D eigenvalue weighted by molar-refractivity contribution is -0.137. The lowest BCUT2D eigenvalue weighted by atomic mass is 9.87. The summed E-state index contributed by atoms with van der Waals surface area (Å²) in [5.74, 6) is 0.0533. The third-order valence-corrected chi connectivity index (χ3v) is 5.37. The number of thiazole rings is 1. The van der Waals surface area contributed by atoms with Crippen LogP contribution < -0.4 is 0 Å². The van der Waals surface area contributed by atoms with E-state index in [9.17, 15) is 9.59 Å². The van der Waals surface area contributed by atoms with E-state index in [2.05, 4.69) is 11.9 Å². The van der Waals surface area contributed by atoms with Crippen molar-refractivity contribution in [2.45, 2.75) is 71.1 Å². The van der Waals surface area contributed by atoms with Crippen molar-refractivity contribution < 1.29 is 14.7 Å².